The van der Waals surface area contributed by atoms with Gasteiger partial charge in [-0.15, -0.1) is 0 Å². The molecule has 0 atom stereocenters. The van der Waals surface area contributed by atoms with Gasteiger partial charge in [0.2, 0.25) is 0 Å². The van der Waals surface area contributed by atoms with Gasteiger partial charge in [0.1, 0.15) is 0 Å². The second kappa shape index (κ2) is 6.00. The Morgan fingerprint density at radius 2 is 1.73 bits per heavy atom. The molecule has 0 radical (unpaired) electrons. The summed E-state index contributed by atoms with van der Waals surface area (Å²) in [7, 11) is 1.62. The molecule has 128 valence electrons. The number of anilines is 2. The molecular weight excluding hydrogens is 328 g/mol. The standard InChI is InChI=1S/C20H16N4O2/c1-22-20(21)23(15-8-10-16(11-9-15)24(25)26)18-12-7-14-6-5-13-3-2-4-17(18)19(13)14/h2-12H,1H3,(H2,21,22). The Kier molecular flexibility index (Phi) is 3.65. The van der Waals surface area contributed by atoms with Gasteiger partial charge in [-0.25, -0.2) is 0 Å². The number of nitro groups is 1. The van der Waals surface area contributed by atoms with E-state index in [4.69, 9.17) is 5.73 Å². The molecule has 2 N–H and O–H groups in total. The Morgan fingerprint density at radius 3 is 2.38 bits per heavy atom. The first-order valence-electron chi connectivity index (χ1n) is 8.11. The number of hydrogen-bond acceptors (Lipinski definition) is 3. The van der Waals surface area contributed by atoms with Gasteiger partial charge in [-0.3, -0.25) is 20.0 Å². The van der Waals surface area contributed by atoms with E-state index in [0.717, 1.165) is 22.2 Å². The third-order valence-corrected chi connectivity index (χ3v) is 4.54. The zero-order valence-corrected chi connectivity index (χ0v) is 14.1. The van der Waals surface area contributed by atoms with Crippen molar-refractivity contribution in [2.75, 3.05) is 11.9 Å². The molecule has 0 heterocycles. The highest BCUT2D eigenvalue weighted by atomic mass is 16.6. The quantitative estimate of drug-likeness (QED) is 0.260. The van der Waals surface area contributed by atoms with Crippen LogP contribution in [0.2, 0.25) is 0 Å². The van der Waals surface area contributed by atoms with E-state index in [2.05, 4.69) is 23.2 Å². The molecule has 0 aromatic heterocycles. The largest absolute Gasteiger partial charge is 0.369 e. The van der Waals surface area contributed by atoms with Gasteiger partial charge >= 0.3 is 0 Å². The Hall–Kier alpha value is -3.67. The molecular formula is C20H16N4O2. The van der Waals surface area contributed by atoms with Crippen molar-refractivity contribution in [1.82, 2.24) is 0 Å². The van der Waals surface area contributed by atoms with E-state index in [1.807, 2.05) is 29.2 Å². The average Bonchev–Trinajstić information content (AvgIpc) is 3.09. The number of nitro benzene ring substituents is 1. The molecule has 1 aliphatic carbocycles. The van der Waals surface area contributed by atoms with Crippen molar-refractivity contribution in [3.63, 3.8) is 0 Å². The van der Waals surface area contributed by atoms with Gasteiger partial charge in [0.15, 0.2) is 5.96 Å². The summed E-state index contributed by atoms with van der Waals surface area (Å²) in [5.74, 6) is 0.311. The summed E-state index contributed by atoms with van der Waals surface area (Å²) in [6.45, 7) is 0. The van der Waals surface area contributed by atoms with Crippen molar-refractivity contribution >= 4 is 45.9 Å². The van der Waals surface area contributed by atoms with Crippen molar-refractivity contribution in [2.45, 2.75) is 0 Å². The molecule has 0 fully saturated rings. The fraction of sp³-hybridized carbons (Fsp3) is 0.0500. The molecule has 0 spiro atoms. The maximum absolute atomic E-state index is 10.9. The highest BCUT2D eigenvalue weighted by Crippen LogP contribution is 2.39. The van der Waals surface area contributed by atoms with Crippen LogP contribution in [0.4, 0.5) is 17.1 Å². The second-order valence-electron chi connectivity index (χ2n) is 5.97. The highest BCUT2D eigenvalue weighted by Gasteiger charge is 2.20. The molecule has 0 bridgehead atoms. The second-order valence-corrected chi connectivity index (χ2v) is 5.97. The minimum Gasteiger partial charge on any atom is -0.369 e. The monoisotopic (exact) mass is 344 g/mol. The van der Waals surface area contributed by atoms with Crippen molar-refractivity contribution < 1.29 is 4.92 Å². The molecule has 26 heavy (non-hydrogen) atoms. The molecule has 6 nitrogen and oxygen atoms in total. The molecule has 0 amide bonds. The van der Waals surface area contributed by atoms with E-state index in [1.54, 1.807) is 19.2 Å². The van der Waals surface area contributed by atoms with Crippen LogP contribution in [0, 0.1) is 10.1 Å². The van der Waals surface area contributed by atoms with Crippen LogP contribution >= 0.6 is 0 Å². The van der Waals surface area contributed by atoms with Crippen molar-refractivity contribution in [3.8, 4) is 0 Å². The molecule has 0 unspecified atom stereocenters. The van der Waals surface area contributed by atoms with E-state index < -0.39 is 4.92 Å². The number of guanidine groups is 1. The summed E-state index contributed by atoms with van der Waals surface area (Å²) in [6.07, 6.45) is 4.18. The number of hydrogen-bond donors (Lipinski definition) is 1. The summed E-state index contributed by atoms with van der Waals surface area (Å²) in [6, 6.07) is 16.5. The number of rotatable bonds is 3. The van der Waals surface area contributed by atoms with E-state index in [9.17, 15) is 10.1 Å². The van der Waals surface area contributed by atoms with Crippen LogP contribution in [-0.2, 0) is 0 Å². The lowest BCUT2D eigenvalue weighted by molar-refractivity contribution is -0.384. The summed E-state index contributed by atoms with van der Waals surface area (Å²) in [5, 5.41) is 13.2. The van der Waals surface area contributed by atoms with Crippen LogP contribution < -0.4 is 10.6 Å². The number of nitrogens with two attached hydrogens (primary N) is 1. The molecule has 4 rings (SSSR count). The van der Waals surface area contributed by atoms with Gasteiger partial charge in [0, 0.05) is 30.3 Å². The Bertz CT molecular complexity index is 1070. The fourth-order valence-electron chi connectivity index (χ4n) is 3.32. The average molecular weight is 344 g/mol. The maximum Gasteiger partial charge on any atom is 0.269 e. The topological polar surface area (TPSA) is 84.8 Å². The minimum atomic E-state index is -0.421. The first-order chi connectivity index (χ1) is 12.6. The van der Waals surface area contributed by atoms with Crippen LogP contribution in [-0.4, -0.2) is 17.9 Å². The van der Waals surface area contributed by atoms with E-state index >= 15 is 0 Å². The lowest BCUT2D eigenvalue weighted by Gasteiger charge is -2.25. The summed E-state index contributed by atoms with van der Waals surface area (Å²) in [5.41, 5.74) is 10.1. The third kappa shape index (κ3) is 2.39. The minimum absolute atomic E-state index is 0.0327. The van der Waals surface area contributed by atoms with E-state index in [-0.39, 0.29) is 5.69 Å². The predicted molar refractivity (Wildman–Crippen MR) is 106 cm³/mol. The summed E-state index contributed by atoms with van der Waals surface area (Å²) >= 11 is 0. The van der Waals surface area contributed by atoms with Gasteiger partial charge in [-0.05, 0) is 34.7 Å². The molecule has 6 heteroatoms. The van der Waals surface area contributed by atoms with Crippen LogP contribution in [0.15, 0.2) is 59.6 Å². The molecule has 0 saturated heterocycles. The lowest BCUT2D eigenvalue weighted by atomic mass is 10.0. The number of nitrogens with zero attached hydrogens (tertiary/aromatic N) is 3. The highest BCUT2D eigenvalue weighted by molar-refractivity contribution is 6.14. The smallest absolute Gasteiger partial charge is 0.269 e. The zero-order chi connectivity index (χ0) is 18.3. The van der Waals surface area contributed by atoms with Gasteiger partial charge in [-0.1, -0.05) is 36.4 Å². The zero-order valence-electron chi connectivity index (χ0n) is 14.1. The SMILES string of the molecule is CN=C(N)N(c1ccc([N+](=O)[O-])cc1)c1ccc2c3c(cccc13)C=C2. The Balaban J connectivity index is 1.92. The molecule has 1 aliphatic rings. The maximum atomic E-state index is 10.9. The van der Waals surface area contributed by atoms with Gasteiger partial charge in [-0.2, -0.15) is 0 Å². The van der Waals surface area contributed by atoms with Gasteiger partial charge in [0.25, 0.3) is 5.69 Å². The first kappa shape index (κ1) is 15.8. The van der Waals surface area contributed by atoms with Gasteiger partial charge in [0.05, 0.1) is 10.6 Å². The molecule has 0 aliphatic heterocycles. The molecule has 3 aromatic rings. The summed E-state index contributed by atoms with van der Waals surface area (Å²) in [4.78, 5) is 16.5. The van der Waals surface area contributed by atoms with E-state index in [0.29, 0.717) is 11.6 Å². The van der Waals surface area contributed by atoms with E-state index in [1.165, 1.54) is 17.5 Å². The Labute approximate surface area is 150 Å². The predicted octanol–water partition coefficient (Wildman–Crippen LogP) is 4.31. The van der Waals surface area contributed by atoms with Crippen LogP contribution in [0.5, 0.6) is 0 Å². The van der Waals surface area contributed by atoms with Crippen LogP contribution in [0.1, 0.15) is 11.1 Å². The van der Waals surface area contributed by atoms with Gasteiger partial charge < -0.3 is 5.73 Å². The molecule has 3 aromatic carbocycles. The van der Waals surface area contributed by atoms with Crippen LogP contribution in [0.3, 0.4) is 0 Å². The number of aliphatic imine (C=N–C) groups is 1. The number of non-ortho nitro benzene ring substituents is 1. The first-order valence-corrected chi connectivity index (χ1v) is 8.11. The van der Waals surface area contributed by atoms with Crippen molar-refractivity contribution in [1.29, 1.82) is 0 Å². The van der Waals surface area contributed by atoms with Crippen LogP contribution in [0.25, 0.3) is 22.9 Å². The third-order valence-electron chi connectivity index (χ3n) is 4.54. The fourth-order valence-corrected chi connectivity index (χ4v) is 3.32. The van der Waals surface area contributed by atoms with Crippen molar-refractivity contribution in [2.24, 2.45) is 10.7 Å². The normalized spacial score (nSPS) is 12.6. The van der Waals surface area contributed by atoms with Crippen molar-refractivity contribution in [3.05, 3.63) is 75.8 Å². The molecule has 0 saturated carbocycles. The lowest BCUT2D eigenvalue weighted by Crippen LogP contribution is -2.33. The summed E-state index contributed by atoms with van der Waals surface area (Å²) < 4.78 is 0. The number of benzene rings is 3. The Morgan fingerprint density at radius 1 is 1.04 bits per heavy atom.